The minimum atomic E-state index is 0.417. The fourth-order valence-corrected chi connectivity index (χ4v) is 2.12. The minimum Gasteiger partial charge on any atom is -0.493 e. The topological polar surface area (TPSA) is 21.3 Å². The summed E-state index contributed by atoms with van der Waals surface area (Å²) in [5.41, 5.74) is 2.72. The molecular weight excluding hydrogens is 198 g/mol. The van der Waals surface area contributed by atoms with Gasteiger partial charge in [0.15, 0.2) is 0 Å². The SMILES string of the molecule is CCC(C)NC(C)c1ccc2c(c1)CCO2. The van der Waals surface area contributed by atoms with Crippen LogP contribution in [0.15, 0.2) is 18.2 Å². The lowest BCUT2D eigenvalue weighted by atomic mass is 10.0. The van der Waals surface area contributed by atoms with Crippen LogP contribution >= 0.6 is 0 Å². The lowest BCUT2D eigenvalue weighted by Gasteiger charge is -2.19. The third-order valence-corrected chi connectivity index (χ3v) is 3.36. The summed E-state index contributed by atoms with van der Waals surface area (Å²) in [5, 5.41) is 3.60. The van der Waals surface area contributed by atoms with E-state index in [4.69, 9.17) is 4.74 Å². The molecule has 0 amide bonds. The van der Waals surface area contributed by atoms with E-state index in [2.05, 4.69) is 44.3 Å². The lowest BCUT2D eigenvalue weighted by Crippen LogP contribution is -2.28. The molecule has 2 atom stereocenters. The molecule has 2 nitrogen and oxygen atoms in total. The van der Waals surface area contributed by atoms with Gasteiger partial charge in [-0.15, -0.1) is 0 Å². The lowest BCUT2D eigenvalue weighted by molar-refractivity contribution is 0.356. The third kappa shape index (κ3) is 2.38. The van der Waals surface area contributed by atoms with Crippen molar-refractivity contribution >= 4 is 0 Å². The number of hydrogen-bond acceptors (Lipinski definition) is 2. The molecule has 0 aliphatic carbocycles. The van der Waals surface area contributed by atoms with Gasteiger partial charge < -0.3 is 10.1 Å². The fourth-order valence-electron chi connectivity index (χ4n) is 2.12. The summed E-state index contributed by atoms with van der Waals surface area (Å²) >= 11 is 0. The quantitative estimate of drug-likeness (QED) is 0.840. The van der Waals surface area contributed by atoms with E-state index in [0.29, 0.717) is 12.1 Å². The van der Waals surface area contributed by atoms with Crippen LogP contribution in [0.4, 0.5) is 0 Å². The van der Waals surface area contributed by atoms with Gasteiger partial charge >= 0.3 is 0 Å². The summed E-state index contributed by atoms with van der Waals surface area (Å²) < 4.78 is 5.52. The molecule has 1 aromatic carbocycles. The van der Waals surface area contributed by atoms with Gasteiger partial charge in [0, 0.05) is 18.5 Å². The Bertz CT molecular complexity index is 362. The molecule has 0 saturated heterocycles. The first-order chi connectivity index (χ1) is 7.70. The monoisotopic (exact) mass is 219 g/mol. The Morgan fingerprint density at radius 2 is 2.19 bits per heavy atom. The van der Waals surface area contributed by atoms with E-state index >= 15 is 0 Å². The molecule has 88 valence electrons. The van der Waals surface area contributed by atoms with E-state index in [9.17, 15) is 0 Å². The predicted octanol–water partition coefficient (Wildman–Crippen LogP) is 3.07. The number of hydrogen-bond donors (Lipinski definition) is 1. The van der Waals surface area contributed by atoms with E-state index < -0.39 is 0 Å². The normalized spacial score (nSPS) is 17.7. The van der Waals surface area contributed by atoms with Crippen molar-refractivity contribution in [2.24, 2.45) is 0 Å². The van der Waals surface area contributed by atoms with E-state index in [0.717, 1.165) is 18.8 Å². The van der Waals surface area contributed by atoms with Crippen molar-refractivity contribution in [2.45, 2.75) is 45.7 Å². The van der Waals surface area contributed by atoms with Gasteiger partial charge in [0.2, 0.25) is 0 Å². The van der Waals surface area contributed by atoms with Crippen LogP contribution in [-0.2, 0) is 6.42 Å². The first-order valence-electron chi connectivity index (χ1n) is 6.22. The van der Waals surface area contributed by atoms with Crippen molar-refractivity contribution in [3.05, 3.63) is 29.3 Å². The Hall–Kier alpha value is -1.02. The maximum atomic E-state index is 5.52. The maximum Gasteiger partial charge on any atom is 0.122 e. The van der Waals surface area contributed by atoms with Crippen LogP contribution in [0.1, 0.15) is 44.4 Å². The summed E-state index contributed by atoms with van der Waals surface area (Å²) in [4.78, 5) is 0. The van der Waals surface area contributed by atoms with Crippen molar-refractivity contribution in [1.29, 1.82) is 0 Å². The van der Waals surface area contributed by atoms with Crippen LogP contribution in [0.2, 0.25) is 0 Å². The largest absolute Gasteiger partial charge is 0.493 e. The van der Waals surface area contributed by atoms with Crippen LogP contribution in [0.5, 0.6) is 5.75 Å². The summed E-state index contributed by atoms with van der Waals surface area (Å²) in [6.45, 7) is 7.50. The standard InChI is InChI=1S/C14H21NO/c1-4-10(2)15-11(3)12-5-6-14-13(9-12)7-8-16-14/h5-6,9-11,15H,4,7-8H2,1-3H3. The second-order valence-corrected chi connectivity index (χ2v) is 4.66. The highest BCUT2D eigenvalue weighted by molar-refractivity contribution is 5.40. The number of ether oxygens (including phenoxy) is 1. The van der Waals surface area contributed by atoms with Crippen molar-refractivity contribution in [3.63, 3.8) is 0 Å². The predicted molar refractivity (Wildman–Crippen MR) is 66.9 cm³/mol. The van der Waals surface area contributed by atoms with Crippen LogP contribution in [-0.4, -0.2) is 12.6 Å². The minimum absolute atomic E-state index is 0.417. The van der Waals surface area contributed by atoms with Gasteiger partial charge in [-0.25, -0.2) is 0 Å². The maximum absolute atomic E-state index is 5.52. The molecule has 16 heavy (non-hydrogen) atoms. The molecule has 1 aliphatic heterocycles. The van der Waals surface area contributed by atoms with Crippen molar-refractivity contribution < 1.29 is 4.74 Å². The Morgan fingerprint density at radius 1 is 1.38 bits per heavy atom. The molecule has 0 saturated carbocycles. The summed E-state index contributed by atoms with van der Waals surface area (Å²) in [7, 11) is 0. The molecule has 0 aromatic heterocycles. The molecule has 2 rings (SSSR count). The van der Waals surface area contributed by atoms with E-state index in [-0.39, 0.29) is 0 Å². The van der Waals surface area contributed by atoms with Crippen LogP contribution in [0.3, 0.4) is 0 Å². The summed E-state index contributed by atoms with van der Waals surface area (Å²) in [5.74, 6) is 1.07. The smallest absolute Gasteiger partial charge is 0.122 e. The van der Waals surface area contributed by atoms with Gasteiger partial charge in [-0.2, -0.15) is 0 Å². The van der Waals surface area contributed by atoms with Crippen molar-refractivity contribution in [2.75, 3.05) is 6.61 Å². The molecule has 0 bridgehead atoms. The summed E-state index contributed by atoms with van der Waals surface area (Å²) in [6.07, 6.45) is 2.22. The Balaban J connectivity index is 2.09. The molecule has 1 aromatic rings. The van der Waals surface area contributed by atoms with Gasteiger partial charge in [0.25, 0.3) is 0 Å². The Morgan fingerprint density at radius 3 is 2.94 bits per heavy atom. The van der Waals surface area contributed by atoms with E-state index in [1.165, 1.54) is 17.5 Å². The molecule has 1 heterocycles. The zero-order valence-electron chi connectivity index (χ0n) is 10.4. The van der Waals surface area contributed by atoms with Crippen LogP contribution < -0.4 is 10.1 Å². The van der Waals surface area contributed by atoms with Crippen molar-refractivity contribution in [1.82, 2.24) is 5.32 Å². The first kappa shape index (κ1) is 11.5. The second-order valence-electron chi connectivity index (χ2n) is 4.66. The van der Waals surface area contributed by atoms with Gasteiger partial charge in [-0.05, 0) is 37.5 Å². The van der Waals surface area contributed by atoms with Crippen LogP contribution in [0, 0.1) is 0 Å². The van der Waals surface area contributed by atoms with Gasteiger partial charge in [0.1, 0.15) is 5.75 Å². The van der Waals surface area contributed by atoms with Crippen LogP contribution in [0.25, 0.3) is 0 Å². The van der Waals surface area contributed by atoms with Gasteiger partial charge in [-0.1, -0.05) is 19.1 Å². The Kier molecular flexibility index (Phi) is 3.49. The highest BCUT2D eigenvalue weighted by Crippen LogP contribution is 2.28. The van der Waals surface area contributed by atoms with Crippen molar-refractivity contribution in [3.8, 4) is 5.75 Å². The van der Waals surface area contributed by atoms with E-state index in [1.54, 1.807) is 0 Å². The molecule has 1 N–H and O–H groups in total. The third-order valence-electron chi connectivity index (χ3n) is 3.36. The molecule has 2 heteroatoms. The molecule has 2 unspecified atom stereocenters. The highest BCUT2D eigenvalue weighted by Gasteiger charge is 2.15. The molecule has 0 radical (unpaired) electrons. The van der Waals surface area contributed by atoms with E-state index in [1.807, 2.05) is 0 Å². The average molecular weight is 219 g/mol. The first-order valence-corrected chi connectivity index (χ1v) is 6.22. The zero-order valence-corrected chi connectivity index (χ0v) is 10.4. The summed E-state index contributed by atoms with van der Waals surface area (Å²) in [6, 6.07) is 7.54. The number of nitrogens with one attached hydrogen (secondary N) is 1. The molecule has 0 spiro atoms. The molecule has 1 aliphatic rings. The zero-order chi connectivity index (χ0) is 11.5. The van der Waals surface area contributed by atoms with Gasteiger partial charge in [-0.3, -0.25) is 0 Å². The number of fused-ring (bicyclic) bond motifs is 1. The fraction of sp³-hybridized carbons (Fsp3) is 0.571. The molecular formula is C14H21NO. The van der Waals surface area contributed by atoms with Gasteiger partial charge in [0.05, 0.1) is 6.61 Å². The average Bonchev–Trinajstić information content (AvgIpc) is 2.75. The second kappa shape index (κ2) is 4.88. The number of benzene rings is 1. The highest BCUT2D eigenvalue weighted by atomic mass is 16.5. The Labute approximate surface area is 98.0 Å². The number of rotatable bonds is 4. The molecule has 0 fully saturated rings.